The Kier molecular flexibility index (Phi) is 6.95. The molecule has 0 radical (unpaired) electrons. The van der Waals surface area contributed by atoms with Gasteiger partial charge in [0, 0.05) is 25.9 Å². The molecule has 0 aromatic heterocycles. The number of benzene rings is 1. The maximum absolute atomic E-state index is 12.4. The van der Waals surface area contributed by atoms with Crippen LogP contribution in [0.1, 0.15) is 19.3 Å². The number of hydrogen-bond donors (Lipinski definition) is 4. The van der Waals surface area contributed by atoms with Gasteiger partial charge in [-0.15, -0.1) is 0 Å². The predicted molar refractivity (Wildman–Crippen MR) is 97.6 cm³/mol. The normalized spacial score (nSPS) is 14.1. The van der Waals surface area contributed by atoms with Crippen LogP contribution < -0.4 is 20.3 Å². The summed E-state index contributed by atoms with van der Waals surface area (Å²) < 4.78 is 32.4. The Hall–Kier alpha value is -1.71. The number of methoxy groups -OCH3 is 1. The van der Waals surface area contributed by atoms with Crippen molar-refractivity contribution in [3.05, 3.63) is 24.3 Å². The molecule has 9 heteroatoms. The van der Waals surface area contributed by atoms with E-state index in [9.17, 15) is 8.42 Å². The maximum Gasteiger partial charge on any atom is 0.328 e. The SMILES string of the molecule is COCCCNC(=S)Nc1cccc(S(=O)(=O)NC2=[NH+]CCC2)c1. The molecule has 1 aliphatic heterocycles. The Morgan fingerprint density at radius 2 is 2.25 bits per heavy atom. The molecule has 24 heavy (non-hydrogen) atoms. The van der Waals surface area contributed by atoms with Crippen molar-refractivity contribution in [2.75, 3.05) is 32.1 Å². The van der Waals surface area contributed by atoms with Crippen LogP contribution in [-0.2, 0) is 14.8 Å². The van der Waals surface area contributed by atoms with Crippen molar-refractivity contribution in [2.45, 2.75) is 24.2 Å². The molecule has 0 fully saturated rings. The molecule has 1 aromatic carbocycles. The summed E-state index contributed by atoms with van der Waals surface area (Å²) in [6.45, 7) is 2.13. The molecule has 2 rings (SSSR count). The van der Waals surface area contributed by atoms with Gasteiger partial charge >= 0.3 is 10.0 Å². The molecule has 0 saturated heterocycles. The fraction of sp³-hybridized carbons (Fsp3) is 0.467. The molecule has 0 spiro atoms. The summed E-state index contributed by atoms with van der Waals surface area (Å²) in [5.74, 6) is 0.642. The van der Waals surface area contributed by atoms with Crippen LogP contribution in [0.25, 0.3) is 0 Å². The number of thiocarbonyl (C=S) groups is 1. The van der Waals surface area contributed by atoms with E-state index >= 15 is 0 Å². The Labute approximate surface area is 147 Å². The summed E-state index contributed by atoms with van der Waals surface area (Å²) in [4.78, 5) is 3.22. The summed E-state index contributed by atoms with van der Waals surface area (Å²) in [6.07, 6.45) is 2.48. The molecule has 132 valence electrons. The zero-order chi connectivity index (χ0) is 17.4. The van der Waals surface area contributed by atoms with E-state index in [0.29, 0.717) is 36.2 Å². The van der Waals surface area contributed by atoms with Gasteiger partial charge in [0.05, 0.1) is 13.0 Å². The zero-order valence-electron chi connectivity index (χ0n) is 13.6. The molecule has 0 unspecified atom stereocenters. The van der Waals surface area contributed by atoms with Gasteiger partial charge in [-0.1, -0.05) is 6.07 Å². The third-order valence-electron chi connectivity index (χ3n) is 3.41. The molecule has 0 bridgehead atoms. The fourth-order valence-corrected chi connectivity index (χ4v) is 3.61. The number of sulfonamides is 1. The van der Waals surface area contributed by atoms with Gasteiger partial charge in [-0.05, 0) is 43.3 Å². The molecule has 0 saturated carbocycles. The monoisotopic (exact) mass is 371 g/mol. The molecule has 0 amide bonds. The van der Waals surface area contributed by atoms with Gasteiger partial charge in [-0.25, -0.2) is 0 Å². The highest BCUT2D eigenvalue weighted by Gasteiger charge is 2.24. The third-order valence-corrected chi connectivity index (χ3v) is 5.05. The molecule has 1 aliphatic rings. The van der Waals surface area contributed by atoms with E-state index in [-0.39, 0.29) is 4.90 Å². The Balaban J connectivity index is 1.96. The Bertz CT molecular complexity index is 704. The van der Waals surface area contributed by atoms with Gasteiger partial charge in [0.15, 0.2) is 5.11 Å². The van der Waals surface area contributed by atoms with Crippen LogP contribution in [0.3, 0.4) is 0 Å². The standard InChI is InChI=1S/C15H22N4O3S2/c1-22-10-4-9-17-15(23)18-12-5-2-6-13(11-12)24(20,21)19-14-7-3-8-16-14/h2,5-6,11H,3-4,7-10H2,1H3,(H,16,19)(H2,17,18,23)/p+1. The highest BCUT2D eigenvalue weighted by atomic mass is 32.2. The largest absolute Gasteiger partial charge is 0.385 e. The van der Waals surface area contributed by atoms with Crippen LogP contribution in [0.15, 0.2) is 29.2 Å². The van der Waals surface area contributed by atoms with E-state index in [1.165, 1.54) is 0 Å². The maximum atomic E-state index is 12.4. The molecule has 0 aliphatic carbocycles. The van der Waals surface area contributed by atoms with Gasteiger partial charge in [-0.3, -0.25) is 4.99 Å². The Morgan fingerprint density at radius 3 is 2.96 bits per heavy atom. The second-order valence-electron chi connectivity index (χ2n) is 5.37. The van der Waals surface area contributed by atoms with Crippen molar-refractivity contribution in [1.82, 2.24) is 10.0 Å². The summed E-state index contributed by atoms with van der Waals surface area (Å²) in [6, 6.07) is 6.55. The molecule has 4 N–H and O–H groups in total. The van der Waals surface area contributed by atoms with Gasteiger partial charge in [0.2, 0.25) is 0 Å². The van der Waals surface area contributed by atoms with E-state index in [4.69, 9.17) is 17.0 Å². The molecular weight excluding hydrogens is 348 g/mol. The van der Waals surface area contributed by atoms with E-state index < -0.39 is 10.0 Å². The third kappa shape index (κ3) is 5.73. The van der Waals surface area contributed by atoms with Gasteiger partial charge < -0.3 is 15.4 Å². The van der Waals surface area contributed by atoms with Crippen LogP contribution in [0.2, 0.25) is 0 Å². The second kappa shape index (κ2) is 8.95. The molecule has 1 aromatic rings. The molecular formula is C15H23N4O3S2+. The van der Waals surface area contributed by atoms with Crippen molar-refractivity contribution in [3.8, 4) is 0 Å². The average Bonchev–Trinajstić information content (AvgIpc) is 3.04. The summed E-state index contributed by atoms with van der Waals surface area (Å²) in [7, 11) is -1.95. The minimum absolute atomic E-state index is 0.191. The fourth-order valence-electron chi connectivity index (χ4n) is 2.24. The first-order chi connectivity index (χ1) is 11.5. The topological polar surface area (TPSA) is 93.4 Å². The van der Waals surface area contributed by atoms with Crippen LogP contribution in [0.4, 0.5) is 5.69 Å². The lowest BCUT2D eigenvalue weighted by molar-refractivity contribution is -0.448. The van der Waals surface area contributed by atoms with Crippen LogP contribution in [-0.4, -0.2) is 46.2 Å². The van der Waals surface area contributed by atoms with Crippen molar-refractivity contribution in [1.29, 1.82) is 0 Å². The number of ether oxygens (including phenoxy) is 1. The highest BCUT2D eigenvalue weighted by molar-refractivity contribution is 7.90. The van der Waals surface area contributed by atoms with E-state index in [1.54, 1.807) is 31.4 Å². The van der Waals surface area contributed by atoms with Gasteiger partial charge in [0.1, 0.15) is 4.90 Å². The highest BCUT2D eigenvalue weighted by Crippen LogP contribution is 2.15. The zero-order valence-corrected chi connectivity index (χ0v) is 15.2. The van der Waals surface area contributed by atoms with Gasteiger partial charge in [-0.2, -0.15) is 13.1 Å². The lowest BCUT2D eigenvalue weighted by Crippen LogP contribution is -2.72. The average molecular weight is 372 g/mol. The summed E-state index contributed by atoms with van der Waals surface area (Å²) in [5, 5.41) is 6.48. The lowest BCUT2D eigenvalue weighted by Gasteiger charge is -2.11. The number of nitrogens with one attached hydrogen (secondary N) is 4. The van der Waals surface area contributed by atoms with E-state index in [1.807, 2.05) is 0 Å². The Morgan fingerprint density at radius 1 is 1.42 bits per heavy atom. The molecule has 7 nitrogen and oxygen atoms in total. The lowest BCUT2D eigenvalue weighted by atomic mass is 10.3. The first-order valence-electron chi connectivity index (χ1n) is 7.77. The second-order valence-corrected chi connectivity index (χ2v) is 7.46. The number of rotatable bonds is 7. The van der Waals surface area contributed by atoms with Crippen molar-refractivity contribution in [2.24, 2.45) is 0 Å². The quantitative estimate of drug-likeness (QED) is 0.384. The minimum atomic E-state index is -3.60. The predicted octanol–water partition coefficient (Wildman–Crippen LogP) is -0.439. The van der Waals surface area contributed by atoms with Gasteiger partial charge in [0.25, 0.3) is 5.84 Å². The van der Waals surface area contributed by atoms with E-state index in [2.05, 4.69) is 20.3 Å². The number of anilines is 1. The number of hydrogen-bond acceptors (Lipinski definition) is 4. The summed E-state index contributed by atoms with van der Waals surface area (Å²) in [5.41, 5.74) is 0.617. The van der Waals surface area contributed by atoms with Crippen molar-refractivity contribution >= 4 is 38.9 Å². The molecule has 0 atom stereocenters. The van der Waals surface area contributed by atoms with Crippen LogP contribution >= 0.6 is 12.2 Å². The molecule has 1 heterocycles. The number of amidine groups is 1. The first kappa shape index (κ1) is 18.6. The van der Waals surface area contributed by atoms with Crippen molar-refractivity contribution < 1.29 is 18.1 Å². The smallest absolute Gasteiger partial charge is 0.328 e. The summed E-state index contributed by atoms with van der Waals surface area (Å²) >= 11 is 5.20. The van der Waals surface area contributed by atoms with Crippen LogP contribution in [0, 0.1) is 0 Å². The van der Waals surface area contributed by atoms with E-state index in [0.717, 1.165) is 19.4 Å². The van der Waals surface area contributed by atoms with Crippen molar-refractivity contribution in [3.63, 3.8) is 0 Å². The van der Waals surface area contributed by atoms with Crippen LogP contribution in [0.5, 0.6) is 0 Å². The minimum Gasteiger partial charge on any atom is -0.385 e. The first-order valence-corrected chi connectivity index (χ1v) is 9.67.